The summed E-state index contributed by atoms with van der Waals surface area (Å²) in [5.74, 6) is -1.28. The number of hydrogen-bond donors (Lipinski definition) is 1. The van der Waals surface area contributed by atoms with E-state index in [2.05, 4.69) is 5.32 Å². The van der Waals surface area contributed by atoms with Gasteiger partial charge in [-0.05, 0) is 36.6 Å². The molecule has 1 aliphatic carbocycles. The number of nitrogens with one attached hydrogen (secondary N) is 1. The molecule has 2 aromatic carbocycles. The molecule has 0 bridgehead atoms. The van der Waals surface area contributed by atoms with Gasteiger partial charge in [0.2, 0.25) is 0 Å². The van der Waals surface area contributed by atoms with Crippen molar-refractivity contribution in [3.63, 3.8) is 0 Å². The summed E-state index contributed by atoms with van der Waals surface area (Å²) < 4.78 is 40.6. The Morgan fingerprint density at radius 1 is 1.07 bits per heavy atom. The molecule has 1 aromatic heterocycles. The second-order valence-corrected chi connectivity index (χ2v) is 6.96. The number of para-hydroxylation sites is 1. The third-order valence-corrected chi connectivity index (χ3v) is 4.76. The fourth-order valence-corrected chi connectivity index (χ4v) is 3.20. The van der Waals surface area contributed by atoms with Crippen LogP contribution in [0.5, 0.6) is 0 Å². The van der Waals surface area contributed by atoms with Gasteiger partial charge in [0.25, 0.3) is 11.7 Å². The van der Waals surface area contributed by atoms with E-state index in [4.69, 9.17) is 0 Å². The zero-order chi connectivity index (χ0) is 19.9. The molecular formula is C21H17F3N2O2. The molecule has 1 saturated carbocycles. The summed E-state index contributed by atoms with van der Waals surface area (Å²) in [6.07, 6.45) is -1.14. The first-order valence-electron chi connectivity index (χ1n) is 8.92. The number of hydrogen-bond acceptors (Lipinski definition) is 2. The van der Waals surface area contributed by atoms with Crippen molar-refractivity contribution in [1.29, 1.82) is 0 Å². The number of aromatic nitrogens is 1. The highest BCUT2D eigenvalue weighted by Crippen LogP contribution is 2.30. The number of Topliss-reactive ketones (excluding diaryl/α,β-unsaturated/α-hetero) is 1. The van der Waals surface area contributed by atoms with Crippen molar-refractivity contribution < 1.29 is 22.8 Å². The van der Waals surface area contributed by atoms with E-state index in [0.29, 0.717) is 16.5 Å². The molecule has 0 spiro atoms. The van der Waals surface area contributed by atoms with E-state index in [-0.39, 0.29) is 18.2 Å². The first kappa shape index (κ1) is 18.3. The van der Waals surface area contributed by atoms with Crippen molar-refractivity contribution >= 4 is 22.6 Å². The molecule has 0 aliphatic heterocycles. The Bertz CT molecular complexity index is 1060. The minimum atomic E-state index is -4.42. The van der Waals surface area contributed by atoms with Crippen LogP contribution in [0.1, 0.15) is 34.3 Å². The zero-order valence-electron chi connectivity index (χ0n) is 14.8. The van der Waals surface area contributed by atoms with E-state index in [0.717, 1.165) is 25.0 Å². The number of rotatable bonds is 5. The number of carbonyl (C=O) groups is 2. The molecule has 4 rings (SSSR count). The Hall–Kier alpha value is -3.09. The minimum absolute atomic E-state index is 0.0647. The number of halogens is 3. The molecule has 0 unspecified atom stereocenters. The lowest BCUT2D eigenvalue weighted by Gasteiger charge is -2.10. The SMILES string of the molecule is O=C(NC1CC1)C(=O)c1cn(Cc2cccc(C(F)(F)F)c2)c2ccccc12. The van der Waals surface area contributed by atoms with E-state index in [1.165, 1.54) is 6.07 Å². The third kappa shape index (κ3) is 3.65. The van der Waals surface area contributed by atoms with Crippen LogP contribution in [0.15, 0.2) is 54.7 Å². The number of carbonyl (C=O) groups excluding carboxylic acids is 2. The summed E-state index contributed by atoms with van der Waals surface area (Å²) in [6, 6.07) is 12.2. The molecule has 1 amide bonds. The summed E-state index contributed by atoms with van der Waals surface area (Å²) >= 11 is 0. The van der Waals surface area contributed by atoms with Crippen molar-refractivity contribution in [3.05, 3.63) is 71.4 Å². The Balaban J connectivity index is 1.68. The highest BCUT2D eigenvalue weighted by molar-refractivity contribution is 6.45. The Labute approximate surface area is 159 Å². The van der Waals surface area contributed by atoms with Crippen LogP contribution in [-0.2, 0) is 17.5 Å². The first-order chi connectivity index (χ1) is 13.3. The summed E-state index contributed by atoms with van der Waals surface area (Å²) in [5.41, 5.74) is 0.668. The number of benzene rings is 2. The monoisotopic (exact) mass is 386 g/mol. The van der Waals surface area contributed by atoms with E-state index < -0.39 is 23.4 Å². The largest absolute Gasteiger partial charge is 0.416 e. The Morgan fingerprint density at radius 2 is 1.82 bits per heavy atom. The maximum absolute atomic E-state index is 13.0. The van der Waals surface area contributed by atoms with Crippen LogP contribution in [0, 0.1) is 0 Å². The summed E-state index contributed by atoms with van der Waals surface area (Å²) in [6.45, 7) is 0.155. The van der Waals surface area contributed by atoms with Crippen LogP contribution in [0.4, 0.5) is 13.2 Å². The quantitative estimate of drug-likeness (QED) is 0.529. The molecule has 0 atom stereocenters. The highest BCUT2D eigenvalue weighted by Gasteiger charge is 2.31. The number of alkyl halides is 3. The average Bonchev–Trinajstić information content (AvgIpc) is 3.41. The number of amides is 1. The predicted molar refractivity (Wildman–Crippen MR) is 98.0 cm³/mol. The minimum Gasteiger partial charge on any atom is -0.346 e. The third-order valence-electron chi connectivity index (χ3n) is 4.76. The molecule has 1 aliphatic rings. The second-order valence-electron chi connectivity index (χ2n) is 6.96. The summed E-state index contributed by atoms with van der Waals surface area (Å²) in [5, 5.41) is 3.28. The molecule has 1 fully saturated rings. The van der Waals surface area contributed by atoms with E-state index in [1.807, 2.05) is 0 Å². The summed E-state index contributed by atoms with van der Waals surface area (Å²) in [4.78, 5) is 24.8. The fraction of sp³-hybridized carbons (Fsp3) is 0.238. The standard InChI is InChI=1S/C21H17F3N2O2/c22-21(23,24)14-5-3-4-13(10-14)11-26-12-17(16-6-1-2-7-18(16)26)19(27)20(28)25-15-8-9-15/h1-7,10,12,15H,8-9,11H2,(H,25,28). The van der Waals surface area contributed by atoms with Gasteiger partial charge in [-0.2, -0.15) is 13.2 Å². The zero-order valence-corrected chi connectivity index (χ0v) is 14.8. The lowest BCUT2D eigenvalue weighted by molar-refractivity contribution is -0.137. The molecule has 1 heterocycles. The molecule has 144 valence electrons. The molecule has 4 nitrogen and oxygen atoms in total. The normalized spacial score (nSPS) is 14.2. The van der Waals surface area contributed by atoms with Gasteiger partial charge in [-0.15, -0.1) is 0 Å². The molecule has 1 N–H and O–H groups in total. The maximum atomic E-state index is 13.0. The van der Waals surface area contributed by atoms with Crippen LogP contribution in [0.3, 0.4) is 0 Å². The van der Waals surface area contributed by atoms with Crippen molar-refractivity contribution in [2.75, 3.05) is 0 Å². The lowest BCUT2D eigenvalue weighted by atomic mass is 10.1. The van der Waals surface area contributed by atoms with Crippen LogP contribution in [0.2, 0.25) is 0 Å². The maximum Gasteiger partial charge on any atom is 0.416 e. The van der Waals surface area contributed by atoms with Gasteiger partial charge in [-0.25, -0.2) is 0 Å². The van der Waals surface area contributed by atoms with E-state index in [9.17, 15) is 22.8 Å². The lowest BCUT2D eigenvalue weighted by Crippen LogP contribution is -2.32. The van der Waals surface area contributed by atoms with Crippen LogP contribution < -0.4 is 5.32 Å². The van der Waals surface area contributed by atoms with Crippen molar-refractivity contribution in [1.82, 2.24) is 9.88 Å². The average molecular weight is 386 g/mol. The Morgan fingerprint density at radius 3 is 2.54 bits per heavy atom. The van der Waals surface area contributed by atoms with Gasteiger partial charge >= 0.3 is 6.18 Å². The predicted octanol–water partition coefficient (Wildman–Crippen LogP) is 4.17. The topological polar surface area (TPSA) is 51.1 Å². The Kier molecular flexibility index (Phi) is 4.45. The van der Waals surface area contributed by atoms with Gasteiger partial charge in [0.15, 0.2) is 0 Å². The fourth-order valence-electron chi connectivity index (χ4n) is 3.20. The van der Waals surface area contributed by atoms with Gasteiger partial charge in [0, 0.05) is 29.7 Å². The molecule has 0 radical (unpaired) electrons. The van der Waals surface area contributed by atoms with Crippen molar-refractivity contribution in [2.45, 2.75) is 31.6 Å². The van der Waals surface area contributed by atoms with E-state index in [1.54, 1.807) is 41.1 Å². The second kappa shape index (κ2) is 6.82. The van der Waals surface area contributed by atoms with Crippen LogP contribution in [-0.4, -0.2) is 22.3 Å². The number of ketones is 1. The molecule has 0 saturated heterocycles. The van der Waals surface area contributed by atoms with Crippen molar-refractivity contribution in [3.8, 4) is 0 Å². The van der Waals surface area contributed by atoms with Gasteiger partial charge < -0.3 is 9.88 Å². The molecule has 3 aromatic rings. The smallest absolute Gasteiger partial charge is 0.346 e. The van der Waals surface area contributed by atoms with Gasteiger partial charge in [-0.3, -0.25) is 9.59 Å². The highest BCUT2D eigenvalue weighted by atomic mass is 19.4. The van der Waals surface area contributed by atoms with E-state index >= 15 is 0 Å². The molecular weight excluding hydrogens is 369 g/mol. The number of nitrogens with zero attached hydrogens (tertiary/aromatic N) is 1. The molecule has 28 heavy (non-hydrogen) atoms. The molecule has 7 heteroatoms. The van der Waals surface area contributed by atoms with Crippen LogP contribution >= 0.6 is 0 Å². The van der Waals surface area contributed by atoms with Gasteiger partial charge in [0.05, 0.1) is 11.1 Å². The van der Waals surface area contributed by atoms with Crippen molar-refractivity contribution in [2.24, 2.45) is 0 Å². The van der Waals surface area contributed by atoms with Gasteiger partial charge in [-0.1, -0.05) is 30.3 Å². The first-order valence-corrected chi connectivity index (χ1v) is 8.92. The summed E-state index contributed by atoms with van der Waals surface area (Å²) in [7, 11) is 0. The number of fused-ring (bicyclic) bond motifs is 1. The van der Waals surface area contributed by atoms with Gasteiger partial charge in [0.1, 0.15) is 0 Å². The van der Waals surface area contributed by atoms with Crippen LogP contribution in [0.25, 0.3) is 10.9 Å².